The Kier molecular flexibility index (Phi) is 8.44. The summed E-state index contributed by atoms with van der Waals surface area (Å²) in [4.78, 5) is 8.83. The third-order valence-corrected chi connectivity index (χ3v) is 5.27. The van der Waals surface area contributed by atoms with Crippen LogP contribution in [0.2, 0.25) is 0 Å². The van der Waals surface area contributed by atoms with Crippen molar-refractivity contribution in [2.45, 2.75) is 6.54 Å². The zero-order chi connectivity index (χ0) is 20.1. The summed E-state index contributed by atoms with van der Waals surface area (Å²) < 4.78 is 8.07. The maximum atomic E-state index is 8.82. The fraction of sp³-hybridized carbons (Fsp3) is 0.150. The van der Waals surface area contributed by atoms with Crippen LogP contribution in [0.5, 0.6) is 0 Å². The average Bonchev–Trinajstić information content (AvgIpc) is 3.40. The van der Waals surface area contributed by atoms with Crippen molar-refractivity contribution in [2.24, 2.45) is 0 Å². The molecule has 0 aliphatic carbocycles. The first-order valence-corrected chi connectivity index (χ1v) is 10.0. The fourth-order valence-corrected chi connectivity index (χ4v) is 3.35. The van der Waals surface area contributed by atoms with Crippen molar-refractivity contribution in [1.29, 1.82) is 0 Å². The SMILES string of the molecule is OC[CH-]CNc1cnc(-c2cc(-c3ccon3)n(Cc3ccccc3I)n2)nc1.[U]. The van der Waals surface area contributed by atoms with E-state index in [2.05, 4.69) is 55.2 Å². The van der Waals surface area contributed by atoms with Crippen LogP contribution in [0, 0.1) is 41.1 Å². The molecule has 0 aliphatic heterocycles. The summed E-state index contributed by atoms with van der Waals surface area (Å²) in [5, 5.41) is 20.7. The van der Waals surface area contributed by atoms with Crippen LogP contribution < -0.4 is 5.32 Å². The van der Waals surface area contributed by atoms with Crippen LogP contribution in [0.25, 0.3) is 22.9 Å². The first-order valence-electron chi connectivity index (χ1n) is 8.95. The average molecular weight is 739 g/mol. The topological polar surface area (TPSA) is 102 Å². The van der Waals surface area contributed by atoms with Gasteiger partial charge in [-0.25, -0.2) is 9.97 Å². The van der Waals surface area contributed by atoms with Crippen LogP contribution in [0.4, 0.5) is 5.69 Å². The van der Waals surface area contributed by atoms with E-state index in [1.54, 1.807) is 31.1 Å². The molecule has 8 nitrogen and oxygen atoms in total. The third kappa shape index (κ3) is 5.49. The molecule has 0 saturated carbocycles. The molecule has 0 atom stereocenters. The second-order valence-corrected chi connectivity index (χ2v) is 7.36. The minimum Gasteiger partial charge on any atom is -0.428 e. The second kappa shape index (κ2) is 11.0. The Hall–Kier alpha value is -1.74. The van der Waals surface area contributed by atoms with Gasteiger partial charge >= 0.3 is 0 Å². The van der Waals surface area contributed by atoms with Crippen molar-refractivity contribution in [2.75, 3.05) is 18.5 Å². The normalized spacial score (nSPS) is 10.6. The summed E-state index contributed by atoms with van der Waals surface area (Å²) in [5.74, 6) is 0.521. The van der Waals surface area contributed by atoms with E-state index in [1.165, 1.54) is 3.57 Å². The molecule has 152 valence electrons. The van der Waals surface area contributed by atoms with Gasteiger partial charge in [0.2, 0.25) is 0 Å². The van der Waals surface area contributed by atoms with E-state index < -0.39 is 0 Å². The van der Waals surface area contributed by atoms with Gasteiger partial charge in [-0.2, -0.15) is 5.10 Å². The predicted octanol–water partition coefficient (Wildman–Crippen LogP) is 3.26. The maximum absolute atomic E-state index is 8.82. The number of aliphatic hydroxyl groups is 1. The van der Waals surface area contributed by atoms with Crippen LogP contribution in [0.1, 0.15) is 5.56 Å². The molecule has 30 heavy (non-hydrogen) atoms. The quantitative estimate of drug-likeness (QED) is 0.163. The smallest absolute Gasteiger partial charge is 0.180 e. The predicted molar refractivity (Wildman–Crippen MR) is 117 cm³/mol. The van der Waals surface area contributed by atoms with E-state index in [-0.39, 0.29) is 37.7 Å². The van der Waals surface area contributed by atoms with Crippen molar-refractivity contribution in [3.63, 3.8) is 0 Å². The number of hydrogen-bond acceptors (Lipinski definition) is 7. The number of benzene rings is 1. The Morgan fingerprint density at radius 2 is 1.93 bits per heavy atom. The monoisotopic (exact) mass is 739 g/mol. The van der Waals surface area contributed by atoms with Gasteiger partial charge in [-0.15, -0.1) is 6.54 Å². The van der Waals surface area contributed by atoms with E-state index in [0.717, 1.165) is 16.9 Å². The van der Waals surface area contributed by atoms with Crippen molar-refractivity contribution in [1.82, 2.24) is 24.9 Å². The minimum atomic E-state index is 0. The first-order chi connectivity index (χ1) is 14.2. The summed E-state index contributed by atoms with van der Waals surface area (Å²) in [5.41, 5.74) is 4.12. The maximum Gasteiger partial charge on any atom is 0.180 e. The van der Waals surface area contributed by atoms with Crippen LogP contribution >= 0.6 is 22.6 Å². The Bertz CT molecular complexity index is 1070. The van der Waals surface area contributed by atoms with E-state index in [9.17, 15) is 0 Å². The molecule has 3 heterocycles. The van der Waals surface area contributed by atoms with E-state index in [0.29, 0.717) is 30.3 Å². The zero-order valence-corrected chi connectivity index (χ0v) is 22.2. The summed E-state index contributed by atoms with van der Waals surface area (Å²) in [7, 11) is 0. The van der Waals surface area contributed by atoms with Crippen molar-refractivity contribution < 1.29 is 40.7 Å². The molecule has 0 bridgehead atoms. The van der Waals surface area contributed by atoms with Gasteiger partial charge in [-0.1, -0.05) is 30.0 Å². The number of aliphatic hydroxyl groups excluding tert-OH is 1. The zero-order valence-electron chi connectivity index (χ0n) is 15.9. The summed E-state index contributed by atoms with van der Waals surface area (Å²) in [6.45, 7) is 1.16. The van der Waals surface area contributed by atoms with E-state index >= 15 is 0 Å². The number of anilines is 1. The molecule has 4 rings (SSSR count). The standard InChI is InChI=1S/C20H18IN6O2.U/c21-16-5-2-1-4-14(16)13-27-19(17-6-9-29-26-17)10-18(25-27)20-23-11-15(12-24-20)22-7-3-8-28;/h1-6,9-12,22,28H,7-8,13H2;/q-1;. The van der Waals surface area contributed by atoms with Gasteiger partial charge in [-0.3, -0.25) is 11.1 Å². The summed E-state index contributed by atoms with van der Waals surface area (Å²) >= 11 is 2.32. The molecule has 0 aliphatic rings. The molecular weight excluding hydrogens is 721 g/mol. The van der Waals surface area contributed by atoms with Crippen LogP contribution in [0.3, 0.4) is 0 Å². The van der Waals surface area contributed by atoms with Gasteiger partial charge in [0.25, 0.3) is 0 Å². The van der Waals surface area contributed by atoms with Gasteiger partial charge in [0.15, 0.2) is 5.82 Å². The molecule has 0 saturated heterocycles. The molecule has 0 fully saturated rings. The molecule has 0 spiro atoms. The van der Waals surface area contributed by atoms with Crippen LogP contribution in [0.15, 0.2) is 59.6 Å². The van der Waals surface area contributed by atoms with Gasteiger partial charge in [0, 0.05) is 40.7 Å². The van der Waals surface area contributed by atoms with Gasteiger partial charge < -0.3 is 14.9 Å². The molecule has 3 aromatic heterocycles. The van der Waals surface area contributed by atoms with Crippen molar-refractivity contribution >= 4 is 28.3 Å². The Morgan fingerprint density at radius 1 is 1.13 bits per heavy atom. The fourth-order valence-electron chi connectivity index (χ4n) is 2.79. The van der Waals surface area contributed by atoms with Crippen molar-refractivity contribution in [3.8, 4) is 22.9 Å². The molecular formula is C20H18IN6O2U-. The number of nitrogens with one attached hydrogen (secondary N) is 1. The van der Waals surface area contributed by atoms with E-state index in [1.807, 2.05) is 22.9 Å². The van der Waals surface area contributed by atoms with Gasteiger partial charge in [0.1, 0.15) is 17.7 Å². The molecule has 10 heteroatoms. The largest absolute Gasteiger partial charge is 0.428 e. The first kappa shape index (κ1) is 22.9. The minimum absolute atomic E-state index is 0. The molecule has 1 aromatic carbocycles. The number of nitrogens with zero attached hydrogens (tertiary/aromatic N) is 5. The molecule has 0 unspecified atom stereocenters. The van der Waals surface area contributed by atoms with E-state index in [4.69, 9.17) is 14.7 Å². The molecule has 0 amide bonds. The molecule has 2 N–H and O–H groups in total. The number of aromatic nitrogens is 5. The van der Waals surface area contributed by atoms with Crippen molar-refractivity contribution in [3.05, 3.63) is 70.6 Å². The van der Waals surface area contributed by atoms with Crippen LogP contribution in [-0.2, 0) is 6.54 Å². The number of rotatable bonds is 8. The molecule has 0 radical (unpaired) electrons. The Balaban J connectivity index is 0.00000256. The third-order valence-electron chi connectivity index (χ3n) is 4.22. The van der Waals surface area contributed by atoms with Gasteiger partial charge in [0.05, 0.1) is 30.3 Å². The Labute approximate surface area is 211 Å². The van der Waals surface area contributed by atoms with Crippen LogP contribution in [-0.4, -0.2) is 43.2 Å². The van der Waals surface area contributed by atoms with Gasteiger partial charge in [-0.05, 0) is 40.3 Å². The number of halogens is 1. The number of hydrogen-bond donors (Lipinski definition) is 2. The summed E-state index contributed by atoms with van der Waals surface area (Å²) in [6, 6.07) is 11.9. The second-order valence-electron chi connectivity index (χ2n) is 6.20. The Morgan fingerprint density at radius 3 is 2.63 bits per heavy atom. The summed E-state index contributed by atoms with van der Waals surface area (Å²) in [6.07, 6.45) is 6.65. The molecule has 4 aromatic rings.